The van der Waals surface area contributed by atoms with E-state index >= 15 is 0 Å². The summed E-state index contributed by atoms with van der Waals surface area (Å²) in [7, 11) is 0. The molecule has 0 radical (unpaired) electrons. The molecule has 4 rings (SSSR count). The molecule has 156 valence electrons. The summed E-state index contributed by atoms with van der Waals surface area (Å²) in [5.41, 5.74) is 1.11. The molecule has 2 aromatic heterocycles. The molecular formula is C20H27N5O4. The van der Waals surface area contributed by atoms with Crippen LogP contribution in [0, 0.1) is 12.8 Å². The van der Waals surface area contributed by atoms with Crippen LogP contribution in [-0.4, -0.2) is 63.9 Å². The van der Waals surface area contributed by atoms with E-state index in [4.69, 9.17) is 14.0 Å². The number of hydrogen-bond acceptors (Lipinski definition) is 8. The Morgan fingerprint density at radius 3 is 2.90 bits per heavy atom. The van der Waals surface area contributed by atoms with Gasteiger partial charge >= 0.3 is 0 Å². The zero-order valence-corrected chi connectivity index (χ0v) is 16.7. The number of rotatable bonds is 7. The molecule has 0 spiro atoms. The molecule has 2 saturated heterocycles. The third-order valence-corrected chi connectivity index (χ3v) is 5.45. The second-order valence-corrected chi connectivity index (χ2v) is 7.63. The summed E-state index contributed by atoms with van der Waals surface area (Å²) >= 11 is 0. The average molecular weight is 401 g/mol. The molecule has 0 saturated carbocycles. The van der Waals surface area contributed by atoms with E-state index in [1.165, 1.54) is 6.20 Å². The standard InChI is InChI=1S/C20H27N5O4/c1-14-11-22-16(12-21-14)20(26)25-7-2-3-17(25)19-23-18(24-29-19)6-10-28-13-15-4-8-27-9-5-15/h11-12,15,17H,2-10,13H2,1H3. The molecular weight excluding hydrogens is 374 g/mol. The summed E-state index contributed by atoms with van der Waals surface area (Å²) in [6.45, 7) is 5.44. The largest absolute Gasteiger partial charge is 0.381 e. The Balaban J connectivity index is 1.30. The first kappa shape index (κ1) is 19.9. The highest BCUT2D eigenvalue weighted by Crippen LogP contribution is 2.32. The number of aromatic nitrogens is 4. The Kier molecular flexibility index (Phi) is 6.46. The van der Waals surface area contributed by atoms with Gasteiger partial charge < -0.3 is 18.9 Å². The van der Waals surface area contributed by atoms with Crippen molar-refractivity contribution in [3.8, 4) is 0 Å². The van der Waals surface area contributed by atoms with Gasteiger partial charge in [-0.2, -0.15) is 4.98 Å². The smallest absolute Gasteiger partial charge is 0.274 e. The summed E-state index contributed by atoms with van der Waals surface area (Å²) in [5.74, 6) is 1.52. The molecule has 9 nitrogen and oxygen atoms in total. The van der Waals surface area contributed by atoms with E-state index in [2.05, 4.69) is 20.1 Å². The van der Waals surface area contributed by atoms with E-state index < -0.39 is 0 Å². The van der Waals surface area contributed by atoms with Crippen LogP contribution >= 0.6 is 0 Å². The van der Waals surface area contributed by atoms with Gasteiger partial charge in [-0.05, 0) is 38.5 Å². The van der Waals surface area contributed by atoms with E-state index in [1.807, 2.05) is 6.92 Å². The van der Waals surface area contributed by atoms with E-state index in [0.29, 0.717) is 42.9 Å². The highest BCUT2D eigenvalue weighted by atomic mass is 16.5. The highest BCUT2D eigenvalue weighted by Gasteiger charge is 2.35. The van der Waals surface area contributed by atoms with E-state index in [9.17, 15) is 4.79 Å². The summed E-state index contributed by atoms with van der Waals surface area (Å²) in [5, 5.41) is 4.07. The fourth-order valence-corrected chi connectivity index (χ4v) is 3.75. The van der Waals surface area contributed by atoms with Crippen LogP contribution in [0.25, 0.3) is 0 Å². The molecule has 0 aromatic carbocycles. The first-order valence-electron chi connectivity index (χ1n) is 10.3. The summed E-state index contributed by atoms with van der Waals surface area (Å²) < 4.78 is 16.6. The van der Waals surface area contributed by atoms with Crippen LogP contribution in [0.4, 0.5) is 0 Å². The summed E-state index contributed by atoms with van der Waals surface area (Å²) in [6, 6.07) is -0.213. The van der Waals surface area contributed by atoms with Gasteiger partial charge in [0.2, 0.25) is 5.89 Å². The lowest BCUT2D eigenvalue weighted by Gasteiger charge is -2.21. The van der Waals surface area contributed by atoms with Crippen LogP contribution in [0.15, 0.2) is 16.9 Å². The molecule has 29 heavy (non-hydrogen) atoms. The van der Waals surface area contributed by atoms with Crippen molar-refractivity contribution in [1.29, 1.82) is 0 Å². The van der Waals surface area contributed by atoms with Crippen molar-refractivity contribution < 1.29 is 18.8 Å². The SMILES string of the molecule is Cc1cnc(C(=O)N2CCCC2c2nc(CCOCC3CCOCC3)no2)cn1. The van der Waals surface area contributed by atoms with Crippen molar-refractivity contribution in [2.24, 2.45) is 5.92 Å². The zero-order valence-electron chi connectivity index (χ0n) is 16.7. The average Bonchev–Trinajstić information content (AvgIpc) is 3.41. The Bertz CT molecular complexity index is 803. The van der Waals surface area contributed by atoms with Gasteiger partial charge in [-0.25, -0.2) is 4.98 Å². The van der Waals surface area contributed by atoms with E-state index in [0.717, 1.165) is 51.2 Å². The van der Waals surface area contributed by atoms with Crippen LogP contribution in [0.3, 0.4) is 0 Å². The Morgan fingerprint density at radius 2 is 2.10 bits per heavy atom. The van der Waals surface area contributed by atoms with Gasteiger partial charge in [-0.1, -0.05) is 5.16 Å². The van der Waals surface area contributed by atoms with Gasteiger partial charge in [-0.15, -0.1) is 0 Å². The number of aryl methyl sites for hydroxylation is 1. The van der Waals surface area contributed by atoms with Gasteiger partial charge in [-0.3, -0.25) is 9.78 Å². The molecule has 4 heterocycles. The number of carbonyl (C=O) groups excluding carboxylic acids is 1. The first-order valence-corrected chi connectivity index (χ1v) is 10.3. The summed E-state index contributed by atoms with van der Waals surface area (Å²) in [6.07, 6.45) is 7.52. The van der Waals surface area contributed by atoms with Gasteiger partial charge in [0.25, 0.3) is 5.91 Å². The molecule has 2 aromatic rings. The number of nitrogens with zero attached hydrogens (tertiary/aromatic N) is 5. The molecule has 0 N–H and O–H groups in total. The molecule has 0 aliphatic carbocycles. The first-order chi connectivity index (χ1) is 14.2. The predicted octanol–water partition coefficient (Wildman–Crippen LogP) is 2.13. The Morgan fingerprint density at radius 1 is 1.24 bits per heavy atom. The van der Waals surface area contributed by atoms with Crippen LogP contribution < -0.4 is 0 Å². The van der Waals surface area contributed by atoms with Gasteiger partial charge in [0.1, 0.15) is 11.7 Å². The van der Waals surface area contributed by atoms with Gasteiger partial charge in [0, 0.05) is 39.0 Å². The minimum absolute atomic E-state index is 0.153. The van der Waals surface area contributed by atoms with Crippen LogP contribution in [-0.2, 0) is 15.9 Å². The topological polar surface area (TPSA) is 103 Å². The van der Waals surface area contributed by atoms with E-state index in [-0.39, 0.29) is 11.9 Å². The van der Waals surface area contributed by atoms with Crippen molar-refractivity contribution in [2.45, 2.75) is 45.1 Å². The molecule has 2 fully saturated rings. The molecule has 0 bridgehead atoms. The number of ether oxygens (including phenoxy) is 2. The fraction of sp³-hybridized carbons (Fsp3) is 0.650. The maximum Gasteiger partial charge on any atom is 0.274 e. The maximum absolute atomic E-state index is 12.8. The third kappa shape index (κ3) is 4.97. The lowest BCUT2D eigenvalue weighted by Crippen LogP contribution is -2.31. The number of carbonyl (C=O) groups is 1. The Hall–Kier alpha value is -2.39. The quantitative estimate of drug-likeness (QED) is 0.650. The van der Waals surface area contributed by atoms with Crippen LogP contribution in [0.1, 0.15) is 59.6 Å². The molecule has 1 amide bonds. The normalized spacial score (nSPS) is 20.3. The summed E-state index contributed by atoms with van der Waals surface area (Å²) in [4.78, 5) is 27.4. The second kappa shape index (κ2) is 9.41. The molecule has 2 aliphatic heterocycles. The van der Waals surface area contributed by atoms with Crippen molar-refractivity contribution in [3.63, 3.8) is 0 Å². The lowest BCUT2D eigenvalue weighted by atomic mass is 10.0. The maximum atomic E-state index is 12.8. The van der Waals surface area contributed by atoms with Crippen molar-refractivity contribution in [2.75, 3.05) is 33.0 Å². The minimum atomic E-state index is -0.213. The molecule has 9 heteroatoms. The number of amides is 1. The fourth-order valence-electron chi connectivity index (χ4n) is 3.75. The van der Waals surface area contributed by atoms with Crippen molar-refractivity contribution in [1.82, 2.24) is 25.0 Å². The van der Waals surface area contributed by atoms with Gasteiger partial charge in [0.15, 0.2) is 5.82 Å². The number of likely N-dealkylation sites (tertiary alicyclic amines) is 1. The minimum Gasteiger partial charge on any atom is -0.381 e. The lowest BCUT2D eigenvalue weighted by molar-refractivity contribution is 0.0211. The molecule has 1 atom stereocenters. The zero-order chi connectivity index (χ0) is 20.1. The van der Waals surface area contributed by atoms with Crippen LogP contribution in [0.2, 0.25) is 0 Å². The van der Waals surface area contributed by atoms with E-state index in [1.54, 1.807) is 11.1 Å². The molecule has 1 unspecified atom stereocenters. The van der Waals surface area contributed by atoms with Crippen molar-refractivity contribution in [3.05, 3.63) is 35.5 Å². The second-order valence-electron chi connectivity index (χ2n) is 7.63. The highest BCUT2D eigenvalue weighted by molar-refractivity contribution is 5.92. The third-order valence-electron chi connectivity index (χ3n) is 5.45. The Labute approximate surface area is 169 Å². The van der Waals surface area contributed by atoms with Gasteiger partial charge in [0.05, 0.1) is 18.5 Å². The number of hydrogen-bond donors (Lipinski definition) is 0. The predicted molar refractivity (Wildman–Crippen MR) is 102 cm³/mol. The molecule has 2 aliphatic rings. The van der Waals surface area contributed by atoms with Crippen LogP contribution in [0.5, 0.6) is 0 Å². The van der Waals surface area contributed by atoms with Crippen molar-refractivity contribution >= 4 is 5.91 Å². The monoisotopic (exact) mass is 401 g/mol.